The summed E-state index contributed by atoms with van der Waals surface area (Å²) in [6.07, 6.45) is -0.563. The molecule has 1 aliphatic rings. The zero-order valence-electron chi connectivity index (χ0n) is 12.6. The smallest absolute Gasteiger partial charge is 0.315 e. The summed E-state index contributed by atoms with van der Waals surface area (Å²) in [5.41, 5.74) is 1.97. The molecular weight excluding hydrogens is 284 g/mol. The lowest BCUT2D eigenvalue weighted by Crippen LogP contribution is -2.47. The first-order valence-electron chi connectivity index (χ1n) is 7.35. The molecular formula is C15H22N4O3. The maximum absolute atomic E-state index is 11.5. The van der Waals surface area contributed by atoms with Gasteiger partial charge in [-0.2, -0.15) is 0 Å². The molecule has 0 aromatic heterocycles. The molecule has 1 atom stereocenters. The van der Waals surface area contributed by atoms with Crippen LogP contribution in [0.15, 0.2) is 24.3 Å². The lowest BCUT2D eigenvalue weighted by Gasteiger charge is -2.28. The molecule has 0 spiro atoms. The lowest BCUT2D eigenvalue weighted by atomic mass is 10.2. The summed E-state index contributed by atoms with van der Waals surface area (Å²) in [5, 5.41) is 17.2. The molecule has 0 saturated carbocycles. The Morgan fingerprint density at radius 2 is 2.09 bits per heavy atom. The van der Waals surface area contributed by atoms with E-state index in [9.17, 15) is 9.59 Å². The zero-order valence-corrected chi connectivity index (χ0v) is 12.6. The summed E-state index contributed by atoms with van der Waals surface area (Å²) in [5.74, 6) is 0.0341. The van der Waals surface area contributed by atoms with Gasteiger partial charge >= 0.3 is 6.03 Å². The number of nitrogens with one attached hydrogen (secondary N) is 3. The molecule has 0 aliphatic carbocycles. The van der Waals surface area contributed by atoms with Crippen molar-refractivity contribution in [2.24, 2.45) is 0 Å². The predicted octanol–water partition coefficient (Wildman–Crippen LogP) is -0.197. The number of carbonyl (C=O) groups is 2. The third-order valence-electron chi connectivity index (χ3n) is 3.35. The van der Waals surface area contributed by atoms with Crippen LogP contribution >= 0.6 is 0 Å². The Bertz CT molecular complexity index is 516. The Kier molecular flexibility index (Phi) is 5.60. The highest BCUT2D eigenvalue weighted by molar-refractivity contribution is 5.82. The van der Waals surface area contributed by atoms with Crippen molar-refractivity contribution in [1.82, 2.24) is 16.0 Å². The van der Waals surface area contributed by atoms with Crippen molar-refractivity contribution in [3.8, 4) is 0 Å². The molecule has 7 heteroatoms. The molecule has 1 aromatic rings. The molecule has 22 heavy (non-hydrogen) atoms. The van der Waals surface area contributed by atoms with Gasteiger partial charge in [-0.3, -0.25) is 4.79 Å². The van der Waals surface area contributed by atoms with E-state index in [1.807, 2.05) is 29.2 Å². The third kappa shape index (κ3) is 4.92. The quantitative estimate of drug-likeness (QED) is 0.606. The van der Waals surface area contributed by atoms with E-state index < -0.39 is 6.10 Å². The molecule has 120 valence electrons. The maximum Gasteiger partial charge on any atom is 0.315 e. The van der Waals surface area contributed by atoms with Gasteiger partial charge in [-0.25, -0.2) is 4.79 Å². The van der Waals surface area contributed by atoms with Crippen LogP contribution in [-0.2, 0) is 11.3 Å². The average molecular weight is 306 g/mol. The van der Waals surface area contributed by atoms with E-state index in [0.29, 0.717) is 19.6 Å². The fraction of sp³-hybridized carbons (Fsp3) is 0.467. The number of urea groups is 1. The molecule has 1 aliphatic heterocycles. The van der Waals surface area contributed by atoms with Crippen LogP contribution < -0.4 is 20.9 Å². The molecule has 1 fully saturated rings. The van der Waals surface area contributed by atoms with Crippen LogP contribution in [0.25, 0.3) is 0 Å². The van der Waals surface area contributed by atoms with Gasteiger partial charge in [-0.1, -0.05) is 12.1 Å². The van der Waals surface area contributed by atoms with E-state index >= 15 is 0 Å². The number of aliphatic hydroxyl groups is 1. The Morgan fingerprint density at radius 1 is 1.36 bits per heavy atom. The number of piperazine rings is 1. The topological polar surface area (TPSA) is 93.7 Å². The summed E-state index contributed by atoms with van der Waals surface area (Å²) >= 11 is 0. The van der Waals surface area contributed by atoms with Gasteiger partial charge in [0, 0.05) is 31.9 Å². The molecule has 0 unspecified atom stereocenters. The Hall–Kier alpha value is -2.28. The predicted molar refractivity (Wildman–Crippen MR) is 83.6 cm³/mol. The summed E-state index contributed by atoms with van der Waals surface area (Å²) in [6, 6.07) is 7.44. The number of benzene rings is 1. The molecule has 1 heterocycles. The number of hydrogen-bond donors (Lipinski definition) is 4. The highest BCUT2D eigenvalue weighted by Gasteiger charge is 2.16. The molecule has 3 amide bonds. The third-order valence-corrected chi connectivity index (χ3v) is 3.35. The molecule has 0 bridgehead atoms. The highest BCUT2D eigenvalue weighted by atomic mass is 16.3. The number of carbonyl (C=O) groups excluding carboxylic acids is 2. The van der Waals surface area contributed by atoms with Crippen LogP contribution in [0.1, 0.15) is 12.5 Å². The van der Waals surface area contributed by atoms with Crippen molar-refractivity contribution in [2.45, 2.75) is 19.6 Å². The molecule has 2 rings (SSSR count). The van der Waals surface area contributed by atoms with Crippen LogP contribution in [0.4, 0.5) is 10.5 Å². The van der Waals surface area contributed by atoms with Crippen molar-refractivity contribution in [2.75, 3.05) is 31.1 Å². The van der Waals surface area contributed by atoms with Gasteiger partial charge in [0.1, 0.15) is 0 Å². The number of anilines is 1. The van der Waals surface area contributed by atoms with E-state index in [2.05, 4.69) is 16.0 Å². The number of hydrogen-bond acceptors (Lipinski definition) is 4. The van der Waals surface area contributed by atoms with E-state index in [4.69, 9.17) is 5.11 Å². The first-order valence-corrected chi connectivity index (χ1v) is 7.35. The molecule has 4 N–H and O–H groups in total. The largest absolute Gasteiger partial charge is 0.392 e. The number of aliphatic hydroxyl groups excluding tert-OH is 1. The Balaban J connectivity index is 1.81. The minimum atomic E-state index is -0.563. The van der Waals surface area contributed by atoms with Gasteiger partial charge in [-0.15, -0.1) is 0 Å². The van der Waals surface area contributed by atoms with Crippen LogP contribution in [0.3, 0.4) is 0 Å². The standard InChI is InChI=1S/C15H22N4O3/c1-11(20)8-17-15(22)18-9-12-2-4-13(5-3-12)19-7-6-16-14(21)10-19/h2-5,11,20H,6-10H2,1H3,(H,16,21)(H2,17,18,22)/t11-/m1/s1. The van der Waals surface area contributed by atoms with Crippen molar-refractivity contribution in [3.63, 3.8) is 0 Å². The van der Waals surface area contributed by atoms with Crippen LogP contribution in [0.2, 0.25) is 0 Å². The summed E-state index contributed by atoms with van der Waals surface area (Å²) in [4.78, 5) is 24.9. The van der Waals surface area contributed by atoms with Crippen LogP contribution in [0.5, 0.6) is 0 Å². The molecule has 1 saturated heterocycles. The maximum atomic E-state index is 11.5. The van der Waals surface area contributed by atoms with Gasteiger partial charge in [0.15, 0.2) is 0 Å². The van der Waals surface area contributed by atoms with Crippen LogP contribution in [0, 0.1) is 0 Å². The van der Waals surface area contributed by atoms with E-state index in [1.165, 1.54) is 0 Å². The van der Waals surface area contributed by atoms with Gasteiger partial charge in [-0.05, 0) is 24.6 Å². The highest BCUT2D eigenvalue weighted by Crippen LogP contribution is 2.15. The summed E-state index contributed by atoms with van der Waals surface area (Å²) < 4.78 is 0. The number of amides is 3. The Labute approximate surface area is 129 Å². The van der Waals surface area contributed by atoms with Crippen molar-refractivity contribution in [3.05, 3.63) is 29.8 Å². The van der Waals surface area contributed by atoms with Crippen molar-refractivity contribution >= 4 is 17.6 Å². The molecule has 0 radical (unpaired) electrons. The molecule has 1 aromatic carbocycles. The fourth-order valence-electron chi connectivity index (χ4n) is 2.17. The first kappa shape index (κ1) is 16.1. The lowest BCUT2D eigenvalue weighted by molar-refractivity contribution is -0.120. The zero-order chi connectivity index (χ0) is 15.9. The van der Waals surface area contributed by atoms with Crippen molar-refractivity contribution < 1.29 is 14.7 Å². The van der Waals surface area contributed by atoms with Gasteiger partial charge in [0.05, 0.1) is 12.6 Å². The average Bonchev–Trinajstić information content (AvgIpc) is 2.51. The molecule has 7 nitrogen and oxygen atoms in total. The van der Waals surface area contributed by atoms with Crippen molar-refractivity contribution in [1.29, 1.82) is 0 Å². The van der Waals surface area contributed by atoms with Gasteiger partial charge < -0.3 is 26.0 Å². The fourth-order valence-corrected chi connectivity index (χ4v) is 2.17. The second-order valence-electron chi connectivity index (χ2n) is 5.35. The second-order valence-corrected chi connectivity index (χ2v) is 5.35. The van der Waals surface area contributed by atoms with E-state index in [1.54, 1.807) is 6.92 Å². The van der Waals surface area contributed by atoms with E-state index in [0.717, 1.165) is 17.8 Å². The number of nitrogens with zero attached hydrogens (tertiary/aromatic N) is 1. The minimum absolute atomic E-state index is 0.0341. The summed E-state index contributed by atoms with van der Waals surface area (Å²) in [7, 11) is 0. The van der Waals surface area contributed by atoms with Gasteiger partial charge in [0.2, 0.25) is 5.91 Å². The monoisotopic (exact) mass is 306 g/mol. The SMILES string of the molecule is C[C@@H](O)CNC(=O)NCc1ccc(N2CCNC(=O)C2)cc1. The normalized spacial score (nSPS) is 15.9. The second kappa shape index (κ2) is 7.65. The summed E-state index contributed by atoms with van der Waals surface area (Å²) in [6.45, 7) is 4.07. The minimum Gasteiger partial charge on any atom is -0.392 e. The van der Waals surface area contributed by atoms with Gasteiger partial charge in [0.25, 0.3) is 0 Å². The van der Waals surface area contributed by atoms with Crippen LogP contribution in [-0.4, -0.2) is 49.3 Å². The first-order chi connectivity index (χ1) is 10.5. The Morgan fingerprint density at radius 3 is 2.73 bits per heavy atom. The number of rotatable bonds is 5. The van der Waals surface area contributed by atoms with E-state index in [-0.39, 0.29) is 18.5 Å².